The SMILES string of the molecule is CC(O)c1nccn1Cc1nc2ccccc2n(C)c1=O. The zero-order chi connectivity index (χ0) is 15.0. The quantitative estimate of drug-likeness (QED) is 0.785. The number of aromatic nitrogens is 4. The smallest absolute Gasteiger partial charge is 0.274 e. The number of rotatable bonds is 3. The van der Waals surface area contributed by atoms with Gasteiger partial charge in [-0.05, 0) is 19.1 Å². The normalized spacial score (nSPS) is 12.7. The van der Waals surface area contributed by atoms with Gasteiger partial charge in [0.05, 0.1) is 17.6 Å². The molecule has 1 aromatic carbocycles. The third-order valence-corrected chi connectivity index (χ3v) is 3.49. The molecule has 0 spiro atoms. The van der Waals surface area contributed by atoms with Crippen LogP contribution in [-0.2, 0) is 13.6 Å². The van der Waals surface area contributed by atoms with Gasteiger partial charge in [0.15, 0.2) is 0 Å². The zero-order valence-corrected chi connectivity index (χ0v) is 11.9. The molecule has 0 amide bonds. The largest absolute Gasteiger partial charge is 0.385 e. The fourth-order valence-electron chi connectivity index (χ4n) is 2.43. The predicted octanol–water partition coefficient (Wildman–Crippen LogP) is 1.23. The lowest BCUT2D eigenvalue weighted by atomic mass is 10.2. The summed E-state index contributed by atoms with van der Waals surface area (Å²) in [6, 6.07) is 7.51. The van der Waals surface area contributed by atoms with Crippen molar-refractivity contribution in [3.63, 3.8) is 0 Å². The molecular weight excluding hydrogens is 268 g/mol. The number of aryl methyl sites for hydroxylation is 1. The van der Waals surface area contributed by atoms with Crippen molar-refractivity contribution in [2.24, 2.45) is 7.05 Å². The fourth-order valence-corrected chi connectivity index (χ4v) is 2.43. The maximum atomic E-state index is 12.4. The highest BCUT2D eigenvalue weighted by atomic mass is 16.3. The summed E-state index contributed by atoms with van der Waals surface area (Å²) in [5, 5.41) is 9.68. The predicted molar refractivity (Wildman–Crippen MR) is 78.9 cm³/mol. The number of aliphatic hydroxyl groups is 1. The van der Waals surface area contributed by atoms with Gasteiger partial charge in [-0.15, -0.1) is 0 Å². The van der Waals surface area contributed by atoms with E-state index in [4.69, 9.17) is 0 Å². The van der Waals surface area contributed by atoms with Gasteiger partial charge in [0, 0.05) is 19.4 Å². The first-order valence-corrected chi connectivity index (χ1v) is 6.71. The van der Waals surface area contributed by atoms with E-state index in [2.05, 4.69) is 9.97 Å². The number of hydrogen-bond acceptors (Lipinski definition) is 4. The van der Waals surface area contributed by atoms with Gasteiger partial charge in [0.2, 0.25) is 0 Å². The monoisotopic (exact) mass is 284 g/mol. The minimum atomic E-state index is -0.690. The standard InChI is InChI=1S/C15H16N4O2/c1-10(20)14-16-7-8-19(14)9-12-15(21)18(2)13-6-4-3-5-11(13)17-12/h3-8,10,20H,9H2,1-2H3. The molecule has 6 nitrogen and oxygen atoms in total. The summed E-state index contributed by atoms with van der Waals surface area (Å²) in [7, 11) is 1.74. The van der Waals surface area contributed by atoms with Gasteiger partial charge in [-0.25, -0.2) is 9.97 Å². The Morgan fingerprint density at radius 1 is 1.33 bits per heavy atom. The molecule has 0 aliphatic carbocycles. The van der Waals surface area contributed by atoms with Crippen LogP contribution < -0.4 is 5.56 Å². The first kappa shape index (κ1) is 13.5. The first-order chi connectivity index (χ1) is 10.1. The Balaban J connectivity index is 2.11. The number of hydrogen-bond donors (Lipinski definition) is 1. The van der Waals surface area contributed by atoms with Crippen molar-refractivity contribution in [1.82, 2.24) is 19.1 Å². The Labute approximate surface area is 121 Å². The molecule has 1 atom stereocenters. The lowest BCUT2D eigenvalue weighted by Gasteiger charge is -2.11. The Kier molecular flexibility index (Phi) is 3.31. The molecule has 0 fully saturated rings. The van der Waals surface area contributed by atoms with Gasteiger partial charge in [0.1, 0.15) is 17.6 Å². The van der Waals surface area contributed by atoms with Crippen LogP contribution in [0.15, 0.2) is 41.5 Å². The zero-order valence-electron chi connectivity index (χ0n) is 11.9. The average Bonchev–Trinajstić information content (AvgIpc) is 2.93. The van der Waals surface area contributed by atoms with E-state index >= 15 is 0 Å². The summed E-state index contributed by atoms with van der Waals surface area (Å²) >= 11 is 0. The summed E-state index contributed by atoms with van der Waals surface area (Å²) < 4.78 is 3.33. The molecular formula is C15H16N4O2. The molecule has 6 heteroatoms. The molecule has 0 radical (unpaired) electrons. The van der Waals surface area contributed by atoms with Crippen molar-refractivity contribution >= 4 is 11.0 Å². The van der Waals surface area contributed by atoms with Crippen LogP contribution in [0.1, 0.15) is 24.5 Å². The van der Waals surface area contributed by atoms with Gasteiger partial charge >= 0.3 is 0 Å². The molecule has 3 aromatic rings. The number of nitrogens with zero attached hydrogens (tertiary/aromatic N) is 4. The Morgan fingerprint density at radius 3 is 2.86 bits per heavy atom. The second-order valence-corrected chi connectivity index (χ2v) is 5.00. The highest BCUT2D eigenvalue weighted by Gasteiger charge is 2.13. The lowest BCUT2D eigenvalue weighted by molar-refractivity contribution is 0.184. The van der Waals surface area contributed by atoms with Gasteiger partial charge in [-0.1, -0.05) is 12.1 Å². The van der Waals surface area contributed by atoms with E-state index < -0.39 is 6.10 Å². The van der Waals surface area contributed by atoms with Gasteiger partial charge in [-0.3, -0.25) is 4.79 Å². The lowest BCUT2D eigenvalue weighted by Crippen LogP contribution is -2.25. The second kappa shape index (κ2) is 5.14. The van der Waals surface area contributed by atoms with E-state index in [1.165, 1.54) is 0 Å². The molecule has 0 aliphatic rings. The molecule has 3 rings (SSSR count). The van der Waals surface area contributed by atoms with Gasteiger partial charge in [-0.2, -0.15) is 0 Å². The van der Waals surface area contributed by atoms with Crippen LogP contribution in [0, 0.1) is 0 Å². The van der Waals surface area contributed by atoms with Crippen LogP contribution in [0.2, 0.25) is 0 Å². The van der Waals surface area contributed by atoms with Crippen LogP contribution in [0.3, 0.4) is 0 Å². The number of imidazole rings is 1. The minimum absolute atomic E-state index is 0.140. The van der Waals surface area contributed by atoms with Crippen LogP contribution in [0.4, 0.5) is 0 Å². The van der Waals surface area contributed by atoms with E-state index in [0.717, 1.165) is 11.0 Å². The molecule has 0 saturated heterocycles. The fraction of sp³-hybridized carbons (Fsp3) is 0.267. The summed E-state index contributed by atoms with van der Waals surface area (Å²) in [5.41, 5.74) is 1.86. The van der Waals surface area contributed by atoms with Crippen LogP contribution in [-0.4, -0.2) is 24.2 Å². The van der Waals surface area contributed by atoms with E-state index in [1.54, 1.807) is 35.5 Å². The van der Waals surface area contributed by atoms with Crippen molar-refractivity contribution in [1.29, 1.82) is 0 Å². The summed E-state index contributed by atoms with van der Waals surface area (Å²) in [4.78, 5) is 20.9. The average molecular weight is 284 g/mol. The third kappa shape index (κ3) is 2.34. The van der Waals surface area contributed by atoms with Crippen molar-refractivity contribution in [3.05, 3.63) is 58.5 Å². The molecule has 1 unspecified atom stereocenters. The molecule has 0 aliphatic heterocycles. The maximum Gasteiger partial charge on any atom is 0.274 e. The summed E-state index contributed by atoms with van der Waals surface area (Å²) in [6.07, 6.45) is 2.65. The Morgan fingerprint density at radius 2 is 2.10 bits per heavy atom. The third-order valence-electron chi connectivity index (χ3n) is 3.49. The van der Waals surface area contributed by atoms with E-state index in [-0.39, 0.29) is 12.1 Å². The van der Waals surface area contributed by atoms with Crippen LogP contribution >= 0.6 is 0 Å². The van der Waals surface area contributed by atoms with Gasteiger partial charge < -0.3 is 14.2 Å². The number of para-hydroxylation sites is 2. The van der Waals surface area contributed by atoms with E-state index in [9.17, 15) is 9.90 Å². The van der Waals surface area contributed by atoms with Crippen molar-refractivity contribution < 1.29 is 5.11 Å². The molecule has 1 N–H and O–H groups in total. The highest BCUT2D eigenvalue weighted by molar-refractivity contribution is 5.74. The molecule has 0 saturated carbocycles. The summed E-state index contributed by atoms with van der Waals surface area (Å²) in [6.45, 7) is 1.93. The first-order valence-electron chi connectivity index (χ1n) is 6.71. The molecule has 2 heterocycles. The van der Waals surface area contributed by atoms with Crippen molar-refractivity contribution in [2.75, 3.05) is 0 Å². The highest BCUT2D eigenvalue weighted by Crippen LogP contribution is 2.12. The number of aliphatic hydroxyl groups excluding tert-OH is 1. The number of fused-ring (bicyclic) bond motifs is 1. The summed E-state index contributed by atoms with van der Waals surface area (Å²) in [5.74, 6) is 0.520. The van der Waals surface area contributed by atoms with Crippen molar-refractivity contribution in [2.45, 2.75) is 19.6 Å². The number of benzene rings is 1. The van der Waals surface area contributed by atoms with E-state index in [1.807, 2.05) is 24.3 Å². The van der Waals surface area contributed by atoms with Crippen LogP contribution in [0.5, 0.6) is 0 Å². The minimum Gasteiger partial charge on any atom is -0.385 e. The molecule has 21 heavy (non-hydrogen) atoms. The molecule has 108 valence electrons. The molecule has 0 bridgehead atoms. The van der Waals surface area contributed by atoms with Crippen LogP contribution in [0.25, 0.3) is 11.0 Å². The van der Waals surface area contributed by atoms with E-state index in [0.29, 0.717) is 11.5 Å². The topological polar surface area (TPSA) is 72.9 Å². The van der Waals surface area contributed by atoms with Gasteiger partial charge in [0.25, 0.3) is 5.56 Å². The maximum absolute atomic E-state index is 12.4. The Bertz CT molecular complexity index is 848. The van der Waals surface area contributed by atoms with Crippen molar-refractivity contribution in [3.8, 4) is 0 Å². The Hall–Kier alpha value is -2.47. The molecule has 2 aromatic heterocycles. The second-order valence-electron chi connectivity index (χ2n) is 5.00.